The maximum atomic E-state index is 9.43. The molecule has 0 aliphatic rings. The summed E-state index contributed by atoms with van der Waals surface area (Å²) in [6, 6.07) is 9.45. The van der Waals surface area contributed by atoms with E-state index in [2.05, 4.69) is 15.3 Å². The zero-order valence-electron chi connectivity index (χ0n) is 10.5. The number of rotatable bonds is 6. The predicted octanol–water partition coefficient (Wildman–Crippen LogP) is 2.39. The van der Waals surface area contributed by atoms with Gasteiger partial charge in [-0.1, -0.05) is 29.8 Å². The molecule has 1 heterocycles. The van der Waals surface area contributed by atoms with Crippen molar-refractivity contribution >= 4 is 17.5 Å². The highest BCUT2D eigenvalue weighted by Gasteiger charge is 2.11. The first-order valence-electron chi connectivity index (χ1n) is 6.14. The number of aliphatic hydroxyl groups is 1. The van der Waals surface area contributed by atoms with Crippen LogP contribution in [0.25, 0.3) is 0 Å². The van der Waals surface area contributed by atoms with Crippen LogP contribution in [-0.4, -0.2) is 28.2 Å². The second kappa shape index (κ2) is 7.07. The van der Waals surface area contributed by atoms with Gasteiger partial charge in [0.25, 0.3) is 0 Å². The van der Waals surface area contributed by atoms with Gasteiger partial charge in [-0.15, -0.1) is 0 Å². The lowest BCUT2D eigenvalue weighted by atomic mass is 10.00. The lowest BCUT2D eigenvalue weighted by Gasteiger charge is -2.15. The molecule has 1 unspecified atom stereocenters. The average molecular weight is 278 g/mol. The Morgan fingerprint density at radius 1 is 1.16 bits per heavy atom. The van der Waals surface area contributed by atoms with Crippen molar-refractivity contribution in [2.75, 3.05) is 18.5 Å². The number of nitrogens with one attached hydrogen (secondary N) is 1. The van der Waals surface area contributed by atoms with E-state index >= 15 is 0 Å². The molecule has 1 aromatic heterocycles. The van der Waals surface area contributed by atoms with Crippen LogP contribution in [0, 0.1) is 5.92 Å². The molecular formula is C14H16ClN3O. The molecule has 0 saturated heterocycles. The Morgan fingerprint density at radius 2 is 1.89 bits per heavy atom. The normalized spacial score (nSPS) is 12.1. The van der Waals surface area contributed by atoms with Crippen molar-refractivity contribution in [2.45, 2.75) is 6.42 Å². The van der Waals surface area contributed by atoms with Crippen LogP contribution in [0.3, 0.4) is 0 Å². The van der Waals surface area contributed by atoms with Crippen molar-refractivity contribution in [1.29, 1.82) is 0 Å². The maximum absolute atomic E-state index is 9.43. The van der Waals surface area contributed by atoms with E-state index in [1.54, 1.807) is 18.5 Å². The predicted molar refractivity (Wildman–Crippen MR) is 76.3 cm³/mol. The highest BCUT2D eigenvalue weighted by atomic mass is 35.5. The SMILES string of the molecule is OCC(CNc1ncccn1)Cc1ccccc1Cl. The second-order valence-corrected chi connectivity index (χ2v) is 4.70. The summed E-state index contributed by atoms with van der Waals surface area (Å²) in [6.45, 7) is 0.691. The van der Waals surface area contributed by atoms with E-state index in [4.69, 9.17) is 11.6 Å². The highest BCUT2D eigenvalue weighted by Crippen LogP contribution is 2.18. The summed E-state index contributed by atoms with van der Waals surface area (Å²) in [5.41, 5.74) is 1.04. The van der Waals surface area contributed by atoms with Gasteiger partial charge in [-0.2, -0.15) is 0 Å². The Balaban J connectivity index is 1.92. The fourth-order valence-electron chi connectivity index (χ4n) is 1.80. The van der Waals surface area contributed by atoms with Crippen LogP contribution in [0.4, 0.5) is 5.95 Å². The third kappa shape index (κ3) is 4.19. The first kappa shape index (κ1) is 13.8. The van der Waals surface area contributed by atoms with Crippen LogP contribution in [0.15, 0.2) is 42.7 Å². The summed E-state index contributed by atoms with van der Waals surface area (Å²) >= 11 is 6.12. The summed E-state index contributed by atoms with van der Waals surface area (Å²) in [4.78, 5) is 8.16. The quantitative estimate of drug-likeness (QED) is 0.851. The molecule has 2 rings (SSSR count). The maximum Gasteiger partial charge on any atom is 0.222 e. The van der Waals surface area contributed by atoms with E-state index in [9.17, 15) is 5.11 Å². The molecule has 5 heteroatoms. The molecule has 1 aromatic carbocycles. The van der Waals surface area contributed by atoms with Crippen LogP contribution in [-0.2, 0) is 6.42 Å². The third-order valence-corrected chi connectivity index (χ3v) is 3.21. The first-order valence-corrected chi connectivity index (χ1v) is 6.52. The van der Waals surface area contributed by atoms with Gasteiger partial charge in [0.05, 0.1) is 0 Å². The van der Waals surface area contributed by atoms with Gasteiger partial charge >= 0.3 is 0 Å². The van der Waals surface area contributed by atoms with Crippen molar-refractivity contribution in [3.63, 3.8) is 0 Å². The molecule has 0 amide bonds. The fraction of sp³-hybridized carbons (Fsp3) is 0.286. The number of aliphatic hydroxyl groups excluding tert-OH is 1. The van der Waals surface area contributed by atoms with Crippen LogP contribution < -0.4 is 5.32 Å². The molecule has 0 aliphatic carbocycles. The molecule has 4 nitrogen and oxygen atoms in total. The van der Waals surface area contributed by atoms with Crippen LogP contribution >= 0.6 is 11.6 Å². The van der Waals surface area contributed by atoms with E-state index in [0.29, 0.717) is 12.5 Å². The summed E-state index contributed by atoms with van der Waals surface area (Å²) in [5, 5.41) is 13.3. The summed E-state index contributed by atoms with van der Waals surface area (Å²) in [5.74, 6) is 0.642. The standard InChI is InChI=1S/C14H16ClN3O/c15-13-5-2-1-4-12(13)8-11(10-19)9-18-14-16-6-3-7-17-14/h1-7,11,19H,8-10H2,(H,16,17,18). The lowest BCUT2D eigenvalue weighted by molar-refractivity contribution is 0.232. The van der Waals surface area contributed by atoms with Crippen molar-refractivity contribution in [1.82, 2.24) is 9.97 Å². The Morgan fingerprint density at radius 3 is 2.58 bits per heavy atom. The van der Waals surface area contributed by atoms with Gasteiger partial charge in [0.2, 0.25) is 5.95 Å². The molecule has 0 saturated carbocycles. The summed E-state index contributed by atoms with van der Waals surface area (Å²) < 4.78 is 0. The van der Waals surface area contributed by atoms with E-state index in [1.807, 2.05) is 24.3 Å². The van der Waals surface area contributed by atoms with Crippen molar-refractivity contribution in [3.8, 4) is 0 Å². The Kier molecular flexibility index (Phi) is 5.12. The van der Waals surface area contributed by atoms with Gasteiger partial charge in [0, 0.05) is 36.5 Å². The second-order valence-electron chi connectivity index (χ2n) is 4.30. The zero-order chi connectivity index (χ0) is 13.5. The number of hydrogen-bond acceptors (Lipinski definition) is 4. The highest BCUT2D eigenvalue weighted by molar-refractivity contribution is 6.31. The smallest absolute Gasteiger partial charge is 0.222 e. The van der Waals surface area contributed by atoms with E-state index in [0.717, 1.165) is 17.0 Å². The molecule has 0 spiro atoms. The van der Waals surface area contributed by atoms with Gasteiger partial charge in [0.15, 0.2) is 0 Å². The molecule has 0 radical (unpaired) electrons. The van der Waals surface area contributed by atoms with Gasteiger partial charge < -0.3 is 10.4 Å². The molecule has 0 aliphatic heterocycles. The number of benzene rings is 1. The molecule has 0 fully saturated rings. The molecule has 100 valence electrons. The molecule has 0 bridgehead atoms. The number of nitrogens with zero attached hydrogens (tertiary/aromatic N) is 2. The van der Waals surface area contributed by atoms with E-state index in [1.165, 1.54) is 0 Å². The third-order valence-electron chi connectivity index (χ3n) is 2.84. The molecule has 2 N–H and O–H groups in total. The Bertz CT molecular complexity index is 507. The zero-order valence-corrected chi connectivity index (χ0v) is 11.2. The van der Waals surface area contributed by atoms with Crippen LogP contribution in [0.2, 0.25) is 5.02 Å². The van der Waals surface area contributed by atoms with Crippen molar-refractivity contribution in [2.24, 2.45) is 5.92 Å². The monoisotopic (exact) mass is 277 g/mol. The van der Waals surface area contributed by atoms with Crippen molar-refractivity contribution < 1.29 is 5.11 Å². The minimum Gasteiger partial charge on any atom is -0.396 e. The molecule has 19 heavy (non-hydrogen) atoms. The van der Waals surface area contributed by atoms with Crippen LogP contribution in [0.5, 0.6) is 0 Å². The lowest BCUT2D eigenvalue weighted by Crippen LogP contribution is -2.21. The van der Waals surface area contributed by atoms with Gasteiger partial charge in [0.1, 0.15) is 0 Å². The minimum absolute atomic E-state index is 0.0729. The Hall–Kier alpha value is -1.65. The fourth-order valence-corrected chi connectivity index (χ4v) is 2.02. The van der Waals surface area contributed by atoms with E-state index in [-0.39, 0.29) is 12.5 Å². The largest absolute Gasteiger partial charge is 0.396 e. The molecule has 2 aromatic rings. The number of halogens is 1. The molecular weight excluding hydrogens is 262 g/mol. The first-order chi connectivity index (χ1) is 9.29. The Labute approximate surface area is 117 Å². The number of aromatic nitrogens is 2. The van der Waals surface area contributed by atoms with Crippen LogP contribution in [0.1, 0.15) is 5.56 Å². The summed E-state index contributed by atoms with van der Waals surface area (Å²) in [6.07, 6.45) is 4.07. The minimum atomic E-state index is 0.0729. The van der Waals surface area contributed by atoms with Gasteiger partial charge in [-0.25, -0.2) is 9.97 Å². The topological polar surface area (TPSA) is 58.0 Å². The van der Waals surface area contributed by atoms with Gasteiger partial charge in [-0.05, 0) is 24.1 Å². The summed E-state index contributed by atoms with van der Waals surface area (Å²) in [7, 11) is 0. The van der Waals surface area contributed by atoms with Gasteiger partial charge in [-0.3, -0.25) is 0 Å². The van der Waals surface area contributed by atoms with Crippen molar-refractivity contribution in [3.05, 3.63) is 53.3 Å². The number of hydrogen-bond donors (Lipinski definition) is 2. The number of anilines is 1. The molecule has 1 atom stereocenters. The average Bonchev–Trinajstić information content (AvgIpc) is 2.46. The van der Waals surface area contributed by atoms with E-state index < -0.39 is 0 Å².